The van der Waals surface area contributed by atoms with Crippen molar-refractivity contribution in [1.29, 1.82) is 0 Å². The smallest absolute Gasteiger partial charge is 0.124 e. The van der Waals surface area contributed by atoms with E-state index in [9.17, 15) is 13.0 Å². The monoisotopic (exact) mass is 243 g/mol. The number of rotatable bonds is 5. The fourth-order valence-electron chi connectivity index (χ4n) is 1.49. The van der Waals surface area contributed by atoms with Crippen LogP contribution in [0.15, 0.2) is 23.1 Å². The Morgan fingerprint density at radius 1 is 1.00 bits per heavy atom. The molecule has 0 amide bonds. The van der Waals surface area contributed by atoms with Gasteiger partial charge in [-0.15, -0.1) is 0 Å². The molecule has 0 saturated heterocycles. The van der Waals surface area contributed by atoms with Crippen LogP contribution < -0.4 is 11.5 Å². The minimum absolute atomic E-state index is 0.207. The maximum atomic E-state index is 10.9. The average molecular weight is 243 g/mol. The molecule has 0 fully saturated rings. The lowest BCUT2D eigenvalue weighted by Crippen LogP contribution is -2.08. The number of benzene rings is 1. The Hall–Kier alpha value is -0.950. The van der Waals surface area contributed by atoms with Crippen LogP contribution in [0.3, 0.4) is 0 Å². The first kappa shape index (κ1) is 13.1. The first-order valence-corrected chi connectivity index (χ1v) is 6.37. The molecule has 16 heavy (non-hydrogen) atoms. The molecule has 0 saturated carbocycles. The van der Waals surface area contributed by atoms with Gasteiger partial charge in [-0.1, -0.05) is 6.07 Å². The molecule has 1 aromatic rings. The van der Waals surface area contributed by atoms with Crippen LogP contribution in [0.2, 0.25) is 0 Å². The zero-order valence-corrected chi connectivity index (χ0v) is 9.66. The van der Waals surface area contributed by atoms with E-state index in [0.29, 0.717) is 25.9 Å². The predicted molar refractivity (Wildman–Crippen MR) is 59.9 cm³/mol. The summed E-state index contributed by atoms with van der Waals surface area (Å²) >= 11 is 0. The van der Waals surface area contributed by atoms with Gasteiger partial charge in [-0.05, 0) is 49.2 Å². The van der Waals surface area contributed by atoms with Gasteiger partial charge in [-0.25, -0.2) is 8.42 Å². The lowest BCUT2D eigenvalue weighted by molar-refractivity contribution is 0.463. The zero-order chi connectivity index (χ0) is 12.2. The summed E-state index contributed by atoms with van der Waals surface area (Å²) in [5.74, 6) is 0. The number of hydrogen-bond donors (Lipinski definition) is 2. The highest BCUT2D eigenvalue weighted by atomic mass is 32.2. The van der Waals surface area contributed by atoms with Gasteiger partial charge in [0.2, 0.25) is 0 Å². The van der Waals surface area contributed by atoms with Crippen LogP contribution in [-0.4, -0.2) is 26.1 Å². The summed E-state index contributed by atoms with van der Waals surface area (Å²) in [5, 5.41) is 0. The van der Waals surface area contributed by atoms with E-state index >= 15 is 0 Å². The maximum Gasteiger partial charge on any atom is 0.124 e. The van der Waals surface area contributed by atoms with Crippen molar-refractivity contribution in [1.82, 2.24) is 0 Å². The third kappa shape index (κ3) is 3.57. The second kappa shape index (κ2) is 5.40. The molecule has 90 valence electrons. The summed E-state index contributed by atoms with van der Waals surface area (Å²) in [5.41, 5.74) is 12.3. The lowest BCUT2D eigenvalue weighted by atomic mass is 10.1. The fourth-order valence-corrected chi connectivity index (χ4v) is 2.09. The Morgan fingerprint density at radius 3 is 1.75 bits per heavy atom. The topological polar surface area (TPSA) is 109 Å². The first-order valence-electron chi connectivity index (χ1n) is 4.96. The van der Waals surface area contributed by atoms with Gasteiger partial charge in [-0.3, -0.25) is 0 Å². The molecule has 5 nitrogen and oxygen atoms in total. The molecule has 4 N–H and O–H groups in total. The molecule has 0 aromatic heterocycles. The van der Waals surface area contributed by atoms with Crippen molar-refractivity contribution >= 4 is 10.1 Å². The van der Waals surface area contributed by atoms with E-state index in [-0.39, 0.29) is 4.90 Å². The third-order valence-electron chi connectivity index (χ3n) is 2.18. The fraction of sp³-hybridized carbons (Fsp3) is 0.400. The van der Waals surface area contributed by atoms with Crippen LogP contribution in [0.4, 0.5) is 0 Å². The molecule has 0 heterocycles. The lowest BCUT2D eigenvalue weighted by Gasteiger charge is -2.11. The van der Waals surface area contributed by atoms with Crippen molar-refractivity contribution < 1.29 is 13.0 Å². The minimum Gasteiger partial charge on any atom is -0.744 e. The van der Waals surface area contributed by atoms with Gasteiger partial charge < -0.3 is 16.0 Å². The molecule has 6 heteroatoms. The molecule has 0 spiro atoms. The second-order valence-corrected chi connectivity index (χ2v) is 4.90. The summed E-state index contributed by atoms with van der Waals surface area (Å²) in [6, 6.07) is 4.57. The zero-order valence-electron chi connectivity index (χ0n) is 8.85. The summed E-state index contributed by atoms with van der Waals surface area (Å²) in [7, 11) is -4.42. The molecule has 0 atom stereocenters. The van der Waals surface area contributed by atoms with E-state index in [1.165, 1.54) is 12.1 Å². The molecular weight excluding hydrogens is 228 g/mol. The number of hydrogen-bond acceptors (Lipinski definition) is 5. The SMILES string of the molecule is NCCc1cc(CCN)cc(S(=O)(=O)[O-])c1. The van der Waals surface area contributed by atoms with Crippen LogP contribution in [0.5, 0.6) is 0 Å². The van der Waals surface area contributed by atoms with Crippen LogP contribution in [0.25, 0.3) is 0 Å². The van der Waals surface area contributed by atoms with Crippen LogP contribution in [0, 0.1) is 0 Å². The Morgan fingerprint density at radius 2 is 1.44 bits per heavy atom. The molecular formula is C10H15N2O3S-. The minimum atomic E-state index is -4.42. The number of nitrogens with two attached hydrogens (primary N) is 2. The molecule has 1 aromatic carbocycles. The van der Waals surface area contributed by atoms with Crippen molar-refractivity contribution in [2.45, 2.75) is 17.7 Å². The van der Waals surface area contributed by atoms with Gasteiger partial charge in [-0.2, -0.15) is 0 Å². The Labute approximate surface area is 95.2 Å². The predicted octanol–water partition coefficient (Wildman–Crippen LogP) is -0.407. The Bertz CT molecular complexity index is 433. The molecule has 0 aliphatic carbocycles. The molecule has 0 unspecified atom stereocenters. The highest BCUT2D eigenvalue weighted by Gasteiger charge is 2.05. The van der Waals surface area contributed by atoms with E-state index in [4.69, 9.17) is 11.5 Å². The molecule has 0 aliphatic heterocycles. The van der Waals surface area contributed by atoms with Gasteiger partial charge in [0.15, 0.2) is 0 Å². The summed E-state index contributed by atoms with van der Waals surface area (Å²) in [4.78, 5) is -0.207. The summed E-state index contributed by atoms with van der Waals surface area (Å²) in [6.45, 7) is 0.814. The Kier molecular flexibility index (Phi) is 4.43. The van der Waals surface area contributed by atoms with Crippen molar-refractivity contribution in [3.05, 3.63) is 29.3 Å². The largest absolute Gasteiger partial charge is 0.744 e. The third-order valence-corrected chi connectivity index (χ3v) is 2.99. The molecule has 0 radical (unpaired) electrons. The second-order valence-electron chi connectivity index (χ2n) is 3.52. The first-order chi connectivity index (χ1) is 7.47. The van der Waals surface area contributed by atoms with Gasteiger partial charge in [0.25, 0.3) is 0 Å². The van der Waals surface area contributed by atoms with E-state index in [1.54, 1.807) is 0 Å². The van der Waals surface area contributed by atoms with E-state index in [0.717, 1.165) is 11.1 Å². The summed E-state index contributed by atoms with van der Waals surface area (Å²) in [6.07, 6.45) is 1.09. The standard InChI is InChI=1S/C10H16N2O3S/c11-3-1-8-5-9(2-4-12)7-10(6-8)16(13,14)15/h5-7H,1-4,11-12H2,(H,13,14,15)/p-1. The van der Waals surface area contributed by atoms with Crippen molar-refractivity contribution in [3.8, 4) is 0 Å². The Balaban J connectivity index is 3.18. The van der Waals surface area contributed by atoms with Gasteiger partial charge >= 0.3 is 0 Å². The van der Waals surface area contributed by atoms with Crippen molar-refractivity contribution in [2.24, 2.45) is 11.5 Å². The molecule has 0 bridgehead atoms. The molecule has 0 aliphatic rings. The van der Waals surface area contributed by atoms with Crippen LogP contribution >= 0.6 is 0 Å². The van der Waals surface area contributed by atoms with Gasteiger partial charge in [0, 0.05) is 0 Å². The van der Waals surface area contributed by atoms with E-state index < -0.39 is 10.1 Å². The van der Waals surface area contributed by atoms with Crippen molar-refractivity contribution in [2.75, 3.05) is 13.1 Å². The van der Waals surface area contributed by atoms with E-state index in [2.05, 4.69) is 0 Å². The van der Waals surface area contributed by atoms with E-state index in [1.807, 2.05) is 6.07 Å². The normalized spacial score (nSPS) is 11.7. The quantitative estimate of drug-likeness (QED) is 0.683. The average Bonchev–Trinajstić information content (AvgIpc) is 2.17. The maximum absolute atomic E-state index is 10.9. The summed E-state index contributed by atoms with van der Waals surface area (Å²) < 4.78 is 32.8. The van der Waals surface area contributed by atoms with Crippen molar-refractivity contribution in [3.63, 3.8) is 0 Å². The highest BCUT2D eigenvalue weighted by molar-refractivity contribution is 7.85. The molecule has 1 rings (SSSR count). The van der Waals surface area contributed by atoms with Crippen LogP contribution in [0.1, 0.15) is 11.1 Å². The van der Waals surface area contributed by atoms with Gasteiger partial charge in [0.1, 0.15) is 10.1 Å². The highest BCUT2D eigenvalue weighted by Crippen LogP contribution is 2.15. The van der Waals surface area contributed by atoms with Gasteiger partial charge in [0.05, 0.1) is 4.90 Å². The van der Waals surface area contributed by atoms with Crippen LogP contribution in [-0.2, 0) is 23.0 Å².